The first-order valence-electron chi connectivity index (χ1n) is 6.90. The molecule has 2 aromatic rings. The predicted molar refractivity (Wildman–Crippen MR) is 78.7 cm³/mol. The lowest BCUT2D eigenvalue weighted by atomic mass is 10.2. The summed E-state index contributed by atoms with van der Waals surface area (Å²) >= 11 is 0. The second-order valence-corrected chi connectivity index (χ2v) is 4.97. The van der Waals surface area contributed by atoms with Gasteiger partial charge in [-0.15, -0.1) is 0 Å². The third-order valence-electron chi connectivity index (χ3n) is 3.69. The van der Waals surface area contributed by atoms with Crippen molar-refractivity contribution in [3.8, 4) is 0 Å². The van der Waals surface area contributed by atoms with Crippen LogP contribution in [0.1, 0.15) is 5.56 Å². The van der Waals surface area contributed by atoms with Gasteiger partial charge < -0.3 is 19.4 Å². The molecule has 1 aromatic carbocycles. The number of amides is 1. The van der Waals surface area contributed by atoms with Crippen molar-refractivity contribution in [1.29, 1.82) is 0 Å². The Labute approximate surface area is 122 Å². The summed E-state index contributed by atoms with van der Waals surface area (Å²) in [5.41, 5.74) is 1.75. The Kier molecular flexibility index (Phi) is 3.87. The monoisotopic (exact) mass is 287 g/mol. The molecule has 0 saturated carbocycles. The molecule has 0 radical (unpaired) electrons. The first-order valence-corrected chi connectivity index (χ1v) is 6.90. The maximum atomic E-state index is 12.3. The molecule has 2 heterocycles. The van der Waals surface area contributed by atoms with Gasteiger partial charge in [0.2, 0.25) is 5.91 Å². The van der Waals surface area contributed by atoms with Gasteiger partial charge in [0.25, 0.3) is 0 Å². The molecule has 1 aliphatic heterocycles. The average molecular weight is 287 g/mol. The number of oxime groups is 1. The fourth-order valence-corrected chi connectivity index (χ4v) is 2.63. The Hall–Kier alpha value is -2.34. The number of benzene rings is 1. The first-order chi connectivity index (χ1) is 10.3. The van der Waals surface area contributed by atoms with E-state index in [9.17, 15) is 4.79 Å². The minimum absolute atomic E-state index is 0.0755. The fraction of sp³-hybridized carbons (Fsp3) is 0.333. The number of nitrogens with zero attached hydrogens (tertiary/aromatic N) is 3. The zero-order chi connectivity index (χ0) is 14.7. The topological polar surface area (TPSA) is 67.1 Å². The molecule has 1 amide bonds. The standard InChI is InChI=1S/C15H17N3O3/c19-15(17-5-7-21-8-6-17)11-18-10-12(9-16-20)13-3-1-2-4-14(13)18/h1-4,9-10,20H,5-8,11H2/b16-9+. The average Bonchev–Trinajstić information content (AvgIpc) is 2.87. The van der Waals surface area contributed by atoms with E-state index in [0.717, 1.165) is 16.5 Å². The van der Waals surface area contributed by atoms with Gasteiger partial charge in [-0.05, 0) is 6.07 Å². The van der Waals surface area contributed by atoms with Crippen molar-refractivity contribution in [2.75, 3.05) is 26.3 Å². The Balaban J connectivity index is 1.88. The highest BCUT2D eigenvalue weighted by atomic mass is 16.5. The molecule has 0 spiro atoms. The Morgan fingerprint density at radius 1 is 1.33 bits per heavy atom. The van der Waals surface area contributed by atoms with Crippen LogP contribution in [0.3, 0.4) is 0 Å². The Morgan fingerprint density at radius 3 is 2.86 bits per heavy atom. The van der Waals surface area contributed by atoms with Gasteiger partial charge in [-0.1, -0.05) is 23.4 Å². The SMILES string of the molecule is O=C(Cn1cc(/C=N/O)c2ccccc21)N1CCOCC1. The van der Waals surface area contributed by atoms with Crippen molar-refractivity contribution in [1.82, 2.24) is 9.47 Å². The lowest BCUT2D eigenvalue weighted by molar-refractivity contribution is -0.135. The molecule has 3 rings (SSSR count). The van der Waals surface area contributed by atoms with Crippen LogP contribution in [-0.4, -0.2) is 53.1 Å². The van der Waals surface area contributed by atoms with Crippen LogP contribution in [0.4, 0.5) is 0 Å². The van der Waals surface area contributed by atoms with Crippen LogP contribution in [0.25, 0.3) is 10.9 Å². The van der Waals surface area contributed by atoms with E-state index in [0.29, 0.717) is 26.3 Å². The quantitative estimate of drug-likeness (QED) is 0.526. The molecule has 0 aliphatic carbocycles. The second kappa shape index (κ2) is 5.97. The van der Waals surface area contributed by atoms with E-state index in [4.69, 9.17) is 9.94 Å². The van der Waals surface area contributed by atoms with Gasteiger partial charge in [0.1, 0.15) is 6.54 Å². The molecule has 1 N–H and O–H groups in total. The maximum absolute atomic E-state index is 12.3. The van der Waals surface area contributed by atoms with Crippen molar-refractivity contribution in [2.24, 2.45) is 5.16 Å². The van der Waals surface area contributed by atoms with E-state index in [-0.39, 0.29) is 12.5 Å². The van der Waals surface area contributed by atoms with Crippen molar-refractivity contribution in [3.05, 3.63) is 36.0 Å². The van der Waals surface area contributed by atoms with Gasteiger partial charge in [-0.3, -0.25) is 4.79 Å². The first kappa shape index (κ1) is 13.6. The van der Waals surface area contributed by atoms with Crippen LogP contribution in [-0.2, 0) is 16.1 Å². The molecule has 0 atom stereocenters. The number of hydrogen-bond donors (Lipinski definition) is 1. The number of rotatable bonds is 3. The number of para-hydroxylation sites is 1. The van der Waals surface area contributed by atoms with Gasteiger partial charge in [0, 0.05) is 35.8 Å². The predicted octanol–water partition coefficient (Wildman–Crippen LogP) is 1.31. The summed E-state index contributed by atoms with van der Waals surface area (Å²) in [5.74, 6) is 0.0755. The van der Waals surface area contributed by atoms with Gasteiger partial charge in [0.15, 0.2) is 0 Å². The molecule has 0 unspecified atom stereocenters. The number of fused-ring (bicyclic) bond motifs is 1. The number of aromatic nitrogens is 1. The molecule has 1 fully saturated rings. The zero-order valence-corrected chi connectivity index (χ0v) is 11.6. The van der Waals surface area contributed by atoms with Crippen LogP contribution in [0.15, 0.2) is 35.6 Å². The number of carbonyl (C=O) groups is 1. The van der Waals surface area contributed by atoms with Crippen molar-refractivity contribution < 1.29 is 14.7 Å². The zero-order valence-electron chi connectivity index (χ0n) is 11.6. The van der Waals surface area contributed by atoms with Crippen molar-refractivity contribution in [3.63, 3.8) is 0 Å². The molecule has 110 valence electrons. The minimum Gasteiger partial charge on any atom is -0.411 e. The van der Waals surface area contributed by atoms with Crippen molar-refractivity contribution >= 4 is 23.0 Å². The van der Waals surface area contributed by atoms with Gasteiger partial charge in [-0.2, -0.15) is 0 Å². The fourth-order valence-electron chi connectivity index (χ4n) is 2.63. The molecule has 6 heteroatoms. The van der Waals surface area contributed by atoms with E-state index in [1.807, 2.05) is 39.9 Å². The number of morpholine rings is 1. The lowest BCUT2D eigenvalue weighted by Crippen LogP contribution is -2.42. The molecule has 1 aromatic heterocycles. The Bertz CT molecular complexity index is 672. The highest BCUT2D eigenvalue weighted by Crippen LogP contribution is 2.20. The summed E-state index contributed by atoms with van der Waals surface area (Å²) in [6.07, 6.45) is 3.22. The van der Waals surface area contributed by atoms with E-state index in [1.54, 1.807) is 0 Å². The molecule has 21 heavy (non-hydrogen) atoms. The van der Waals surface area contributed by atoms with Crippen LogP contribution in [0.5, 0.6) is 0 Å². The summed E-state index contributed by atoms with van der Waals surface area (Å²) < 4.78 is 7.15. The largest absolute Gasteiger partial charge is 0.411 e. The summed E-state index contributed by atoms with van der Waals surface area (Å²) in [4.78, 5) is 14.2. The molecule has 1 aliphatic rings. The number of ether oxygens (including phenoxy) is 1. The van der Waals surface area contributed by atoms with Crippen molar-refractivity contribution in [2.45, 2.75) is 6.54 Å². The van der Waals surface area contributed by atoms with Gasteiger partial charge in [0.05, 0.1) is 19.4 Å². The summed E-state index contributed by atoms with van der Waals surface area (Å²) in [6, 6.07) is 7.75. The van der Waals surface area contributed by atoms with Crippen LogP contribution in [0.2, 0.25) is 0 Å². The third-order valence-corrected chi connectivity index (χ3v) is 3.69. The molecular formula is C15H17N3O3. The minimum atomic E-state index is 0.0755. The summed E-state index contributed by atoms with van der Waals surface area (Å²) in [7, 11) is 0. The number of carbonyl (C=O) groups excluding carboxylic acids is 1. The smallest absolute Gasteiger partial charge is 0.242 e. The maximum Gasteiger partial charge on any atom is 0.242 e. The third kappa shape index (κ3) is 2.75. The van der Waals surface area contributed by atoms with E-state index < -0.39 is 0 Å². The molecule has 6 nitrogen and oxygen atoms in total. The molecule has 0 bridgehead atoms. The van der Waals surface area contributed by atoms with E-state index >= 15 is 0 Å². The summed E-state index contributed by atoms with van der Waals surface area (Å²) in [5, 5.41) is 12.8. The van der Waals surface area contributed by atoms with Crippen LogP contribution >= 0.6 is 0 Å². The molecule has 1 saturated heterocycles. The van der Waals surface area contributed by atoms with Crippen LogP contribution in [0, 0.1) is 0 Å². The summed E-state index contributed by atoms with van der Waals surface area (Å²) in [6.45, 7) is 2.76. The normalized spacial score (nSPS) is 15.9. The van der Waals surface area contributed by atoms with Crippen LogP contribution < -0.4 is 0 Å². The van der Waals surface area contributed by atoms with E-state index in [1.165, 1.54) is 6.21 Å². The molecular weight excluding hydrogens is 270 g/mol. The van der Waals surface area contributed by atoms with Gasteiger partial charge in [-0.25, -0.2) is 0 Å². The highest BCUT2D eigenvalue weighted by molar-refractivity contribution is 5.99. The Morgan fingerprint density at radius 2 is 2.10 bits per heavy atom. The van der Waals surface area contributed by atoms with E-state index in [2.05, 4.69) is 5.16 Å². The van der Waals surface area contributed by atoms with Gasteiger partial charge >= 0.3 is 0 Å². The lowest BCUT2D eigenvalue weighted by Gasteiger charge is -2.27. The number of hydrogen-bond acceptors (Lipinski definition) is 4. The second-order valence-electron chi connectivity index (χ2n) is 4.97. The highest BCUT2D eigenvalue weighted by Gasteiger charge is 2.18.